The van der Waals surface area contributed by atoms with E-state index in [1.54, 1.807) is 0 Å². The third-order valence-corrected chi connectivity index (χ3v) is 3.63. The van der Waals surface area contributed by atoms with E-state index in [4.69, 9.17) is 10.00 Å². The molecule has 92 valence electrons. The zero-order valence-electron chi connectivity index (χ0n) is 10.0. The molecule has 3 aromatic rings. The molecule has 0 unspecified atom stereocenters. The molecular formula is C15H10N2OS. The maximum absolute atomic E-state index is 8.69. The molecule has 19 heavy (non-hydrogen) atoms. The molecule has 0 saturated carbocycles. The molecule has 0 aliphatic rings. The molecular weight excluding hydrogens is 256 g/mol. The zero-order chi connectivity index (χ0) is 13.1. The SMILES string of the molecule is N#CCc1nc2ccc(Oc3ccccc3)cc2s1. The highest BCUT2D eigenvalue weighted by atomic mass is 32.1. The average molecular weight is 266 g/mol. The lowest BCUT2D eigenvalue weighted by Crippen LogP contribution is -1.82. The van der Waals surface area contributed by atoms with Crippen molar-refractivity contribution < 1.29 is 4.74 Å². The van der Waals surface area contributed by atoms with Crippen molar-refractivity contribution in [3.05, 3.63) is 53.5 Å². The van der Waals surface area contributed by atoms with Crippen LogP contribution in [0.25, 0.3) is 10.2 Å². The van der Waals surface area contributed by atoms with Gasteiger partial charge < -0.3 is 4.74 Å². The maximum Gasteiger partial charge on any atom is 0.128 e. The van der Waals surface area contributed by atoms with Crippen LogP contribution in [0.1, 0.15) is 5.01 Å². The lowest BCUT2D eigenvalue weighted by molar-refractivity contribution is 0.483. The Balaban J connectivity index is 1.91. The van der Waals surface area contributed by atoms with E-state index in [9.17, 15) is 0 Å². The van der Waals surface area contributed by atoms with Gasteiger partial charge in [0.15, 0.2) is 0 Å². The molecule has 0 saturated heterocycles. The molecule has 0 spiro atoms. The highest BCUT2D eigenvalue weighted by Gasteiger charge is 2.05. The van der Waals surface area contributed by atoms with Crippen molar-refractivity contribution in [2.24, 2.45) is 0 Å². The summed E-state index contributed by atoms with van der Waals surface area (Å²) in [4.78, 5) is 4.39. The fourth-order valence-corrected chi connectivity index (χ4v) is 2.71. The van der Waals surface area contributed by atoms with Crippen LogP contribution in [0, 0.1) is 11.3 Å². The molecule has 0 N–H and O–H groups in total. The number of hydrogen-bond donors (Lipinski definition) is 0. The van der Waals surface area contributed by atoms with Gasteiger partial charge in [-0.15, -0.1) is 11.3 Å². The van der Waals surface area contributed by atoms with Crippen molar-refractivity contribution in [3.8, 4) is 17.6 Å². The summed E-state index contributed by atoms with van der Waals surface area (Å²) in [5, 5.41) is 9.53. The molecule has 2 aromatic carbocycles. The van der Waals surface area contributed by atoms with E-state index in [2.05, 4.69) is 11.1 Å². The second-order valence-corrected chi connectivity index (χ2v) is 5.10. The lowest BCUT2D eigenvalue weighted by atomic mass is 10.3. The quantitative estimate of drug-likeness (QED) is 0.715. The van der Waals surface area contributed by atoms with Gasteiger partial charge in [-0.25, -0.2) is 4.98 Å². The molecule has 0 fully saturated rings. The molecule has 1 aromatic heterocycles. The van der Waals surface area contributed by atoms with Crippen molar-refractivity contribution in [1.29, 1.82) is 5.26 Å². The normalized spacial score (nSPS) is 10.3. The standard InChI is InChI=1S/C15H10N2OS/c16-9-8-15-17-13-7-6-12(10-14(13)19-15)18-11-4-2-1-3-5-11/h1-7,10H,8H2. The fraction of sp³-hybridized carbons (Fsp3) is 0.0667. The minimum absolute atomic E-state index is 0.355. The van der Waals surface area contributed by atoms with Crippen LogP contribution in [0.3, 0.4) is 0 Å². The number of aromatic nitrogens is 1. The molecule has 1 heterocycles. The monoisotopic (exact) mass is 266 g/mol. The van der Waals surface area contributed by atoms with Crippen molar-refractivity contribution in [2.45, 2.75) is 6.42 Å². The number of fused-ring (bicyclic) bond motifs is 1. The Kier molecular flexibility index (Phi) is 3.13. The molecule has 0 amide bonds. The minimum atomic E-state index is 0.355. The van der Waals surface area contributed by atoms with Gasteiger partial charge in [0.2, 0.25) is 0 Å². The Hall–Kier alpha value is -2.38. The van der Waals surface area contributed by atoms with Crippen molar-refractivity contribution >= 4 is 21.6 Å². The predicted octanol–water partition coefficient (Wildman–Crippen LogP) is 4.15. The number of hydrogen-bond acceptors (Lipinski definition) is 4. The van der Waals surface area contributed by atoms with Gasteiger partial charge in [-0.1, -0.05) is 18.2 Å². The first-order chi connectivity index (χ1) is 9.35. The van der Waals surface area contributed by atoms with E-state index in [1.807, 2.05) is 48.5 Å². The molecule has 0 atom stereocenters. The number of para-hydroxylation sites is 1. The maximum atomic E-state index is 8.69. The van der Waals surface area contributed by atoms with Gasteiger partial charge in [-0.05, 0) is 24.3 Å². The van der Waals surface area contributed by atoms with Crippen LogP contribution in [-0.4, -0.2) is 4.98 Å². The van der Waals surface area contributed by atoms with Gasteiger partial charge in [0.05, 0.1) is 22.7 Å². The van der Waals surface area contributed by atoms with E-state index in [-0.39, 0.29) is 0 Å². The Morgan fingerprint density at radius 2 is 1.95 bits per heavy atom. The van der Waals surface area contributed by atoms with E-state index in [0.29, 0.717) is 6.42 Å². The van der Waals surface area contributed by atoms with Gasteiger partial charge in [0.25, 0.3) is 0 Å². The van der Waals surface area contributed by atoms with E-state index >= 15 is 0 Å². The van der Waals surface area contributed by atoms with Crippen LogP contribution in [0.4, 0.5) is 0 Å². The molecule has 0 aliphatic heterocycles. The third-order valence-electron chi connectivity index (χ3n) is 2.61. The van der Waals surface area contributed by atoms with E-state index in [0.717, 1.165) is 26.7 Å². The van der Waals surface area contributed by atoms with Gasteiger partial charge >= 0.3 is 0 Å². The largest absolute Gasteiger partial charge is 0.457 e. The summed E-state index contributed by atoms with van der Waals surface area (Å²) in [6.07, 6.45) is 0.355. The van der Waals surface area contributed by atoms with Crippen LogP contribution >= 0.6 is 11.3 Å². The Morgan fingerprint density at radius 3 is 2.74 bits per heavy atom. The van der Waals surface area contributed by atoms with Crippen LogP contribution in [0.2, 0.25) is 0 Å². The first-order valence-corrected chi connectivity index (χ1v) is 6.66. The Bertz CT molecular complexity index is 744. The molecule has 0 radical (unpaired) electrons. The number of benzene rings is 2. The minimum Gasteiger partial charge on any atom is -0.457 e. The molecule has 0 bridgehead atoms. The topological polar surface area (TPSA) is 45.9 Å². The predicted molar refractivity (Wildman–Crippen MR) is 75.5 cm³/mol. The molecule has 3 rings (SSSR count). The van der Waals surface area contributed by atoms with Gasteiger partial charge in [-0.3, -0.25) is 0 Å². The second kappa shape index (κ2) is 5.09. The zero-order valence-corrected chi connectivity index (χ0v) is 10.9. The van der Waals surface area contributed by atoms with Crippen LogP contribution in [-0.2, 0) is 6.42 Å². The van der Waals surface area contributed by atoms with Gasteiger partial charge in [0.1, 0.15) is 16.5 Å². The van der Waals surface area contributed by atoms with Gasteiger partial charge in [0, 0.05) is 6.07 Å². The van der Waals surface area contributed by atoms with Crippen LogP contribution < -0.4 is 4.74 Å². The second-order valence-electron chi connectivity index (χ2n) is 3.99. The number of nitrogens with zero attached hydrogens (tertiary/aromatic N) is 2. The van der Waals surface area contributed by atoms with Crippen molar-refractivity contribution in [2.75, 3.05) is 0 Å². The molecule has 0 aliphatic carbocycles. The van der Waals surface area contributed by atoms with Crippen molar-refractivity contribution in [1.82, 2.24) is 4.98 Å². The number of ether oxygens (including phenoxy) is 1. The first-order valence-electron chi connectivity index (χ1n) is 5.84. The summed E-state index contributed by atoms with van der Waals surface area (Å²) in [6.45, 7) is 0. The number of thiazole rings is 1. The third kappa shape index (κ3) is 2.56. The summed E-state index contributed by atoms with van der Waals surface area (Å²) in [7, 11) is 0. The highest BCUT2D eigenvalue weighted by Crippen LogP contribution is 2.29. The van der Waals surface area contributed by atoms with E-state index < -0.39 is 0 Å². The number of nitriles is 1. The van der Waals surface area contributed by atoms with E-state index in [1.165, 1.54) is 11.3 Å². The summed E-state index contributed by atoms with van der Waals surface area (Å²) >= 11 is 1.53. The number of rotatable bonds is 3. The first kappa shape index (κ1) is 11.7. The molecule has 3 nitrogen and oxygen atoms in total. The average Bonchev–Trinajstić information content (AvgIpc) is 2.82. The summed E-state index contributed by atoms with van der Waals surface area (Å²) in [5.74, 6) is 1.59. The molecule has 4 heteroatoms. The fourth-order valence-electron chi connectivity index (χ4n) is 1.78. The van der Waals surface area contributed by atoms with Crippen LogP contribution in [0.15, 0.2) is 48.5 Å². The Morgan fingerprint density at radius 1 is 1.11 bits per heavy atom. The summed E-state index contributed by atoms with van der Waals surface area (Å²) in [6, 6.07) is 17.5. The van der Waals surface area contributed by atoms with Gasteiger partial charge in [-0.2, -0.15) is 5.26 Å². The lowest BCUT2D eigenvalue weighted by Gasteiger charge is -2.04. The smallest absolute Gasteiger partial charge is 0.128 e. The highest BCUT2D eigenvalue weighted by molar-refractivity contribution is 7.18. The Labute approximate surface area is 114 Å². The summed E-state index contributed by atoms with van der Waals surface area (Å²) in [5.41, 5.74) is 0.913. The van der Waals surface area contributed by atoms with Crippen molar-refractivity contribution in [3.63, 3.8) is 0 Å². The van der Waals surface area contributed by atoms with Crippen LogP contribution in [0.5, 0.6) is 11.5 Å². The summed E-state index contributed by atoms with van der Waals surface area (Å²) < 4.78 is 6.81.